The van der Waals surface area contributed by atoms with Crippen molar-refractivity contribution in [2.75, 3.05) is 0 Å². The molecule has 0 aliphatic rings. The van der Waals surface area contributed by atoms with Gasteiger partial charge in [-0.3, -0.25) is 0 Å². The van der Waals surface area contributed by atoms with E-state index in [1.807, 2.05) is 0 Å². The van der Waals surface area contributed by atoms with Crippen LogP contribution in [0, 0.1) is 0 Å². The fourth-order valence-corrected chi connectivity index (χ4v) is 1.13. The molecule has 0 amide bonds. The van der Waals surface area contributed by atoms with Gasteiger partial charge in [0.25, 0.3) is 0 Å². The minimum Gasteiger partial charge on any atom is -0.504 e. The van der Waals surface area contributed by atoms with Crippen LogP contribution >= 0.6 is 0 Å². The maximum absolute atomic E-state index is 9.75. The molecular weight excluding hydrogens is 264 g/mol. The van der Waals surface area contributed by atoms with Crippen molar-refractivity contribution >= 4 is 24.3 Å². The third-order valence-electron chi connectivity index (χ3n) is 1.95. The molecule has 0 atom stereocenters. The molecule has 0 aromatic heterocycles. The average Bonchev–Trinajstić information content (AvgIpc) is 2.36. The van der Waals surface area contributed by atoms with Crippen LogP contribution in [0.3, 0.4) is 0 Å². The van der Waals surface area contributed by atoms with Gasteiger partial charge < -0.3 is 33.1 Å². The molecule has 0 unspecified atom stereocenters. The van der Waals surface area contributed by atoms with Crippen molar-refractivity contribution in [3.8, 4) is 11.5 Å². The second-order valence-electron chi connectivity index (χ2n) is 3.48. The normalized spacial score (nSPS) is 10.8. The summed E-state index contributed by atoms with van der Waals surface area (Å²) in [6, 6.07) is 2.94. The van der Waals surface area contributed by atoms with E-state index < -0.39 is 11.5 Å². The molecule has 1 rings (SSSR count). The molecule has 0 bridgehead atoms. The first-order valence-corrected chi connectivity index (χ1v) is 5.20. The third-order valence-corrected chi connectivity index (χ3v) is 1.95. The highest BCUT2D eigenvalue weighted by atomic mass is 16.3. The molecule has 0 saturated carbocycles. The summed E-state index contributed by atoms with van der Waals surface area (Å²) >= 11 is 0. The second kappa shape index (κ2) is 6.58. The standard InChI is InChI=1S/C10H14N8O2/c11-9(12)17-15-3-5-1-2-6(8(20)7(5)19)4-16-18-10(13)14/h1-4,19-20H,(H4,11,12,17)(H4,13,14,18)/b15-3+,16-4+. The summed E-state index contributed by atoms with van der Waals surface area (Å²) in [6.07, 6.45) is 2.34. The smallest absolute Gasteiger partial charge is 0.211 e. The number of hydrogen-bond donors (Lipinski definition) is 6. The fourth-order valence-electron chi connectivity index (χ4n) is 1.13. The van der Waals surface area contributed by atoms with Crippen molar-refractivity contribution in [1.82, 2.24) is 0 Å². The molecule has 0 aliphatic carbocycles. The average molecular weight is 278 g/mol. The summed E-state index contributed by atoms with van der Waals surface area (Å²) in [5.74, 6) is -1.28. The number of nitrogens with two attached hydrogens (primary N) is 4. The zero-order valence-corrected chi connectivity index (χ0v) is 10.3. The van der Waals surface area contributed by atoms with Crippen molar-refractivity contribution in [2.45, 2.75) is 0 Å². The first-order valence-electron chi connectivity index (χ1n) is 5.20. The molecule has 106 valence electrons. The van der Waals surface area contributed by atoms with Gasteiger partial charge in [0, 0.05) is 11.1 Å². The van der Waals surface area contributed by atoms with Crippen LogP contribution < -0.4 is 22.9 Å². The first-order chi connectivity index (χ1) is 9.41. The summed E-state index contributed by atoms with van der Waals surface area (Å²) in [7, 11) is 0. The SMILES string of the molecule is NC(N)=N/N=C/c1ccc(/C=N/N=C(N)N)c(O)c1O. The lowest BCUT2D eigenvalue weighted by atomic mass is 10.1. The monoisotopic (exact) mass is 278 g/mol. The molecule has 10 nitrogen and oxygen atoms in total. The van der Waals surface area contributed by atoms with E-state index in [2.05, 4.69) is 20.4 Å². The summed E-state index contributed by atoms with van der Waals surface area (Å²) < 4.78 is 0. The molecule has 0 radical (unpaired) electrons. The van der Waals surface area contributed by atoms with Gasteiger partial charge in [0.1, 0.15) is 0 Å². The van der Waals surface area contributed by atoms with Crippen LogP contribution in [-0.2, 0) is 0 Å². The lowest BCUT2D eigenvalue weighted by molar-refractivity contribution is 0.402. The van der Waals surface area contributed by atoms with Crippen LogP contribution in [0.4, 0.5) is 0 Å². The molecule has 1 aromatic rings. The van der Waals surface area contributed by atoms with Crippen molar-refractivity contribution < 1.29 is 10.2 Å². The van der Waals surface area contributed by atoms with E-state index in [0.717, 1.165) is 0 Å². The van der Waals surface area contributed by atoms with Crippen LogP contribution in [-0.4, -0.2) is 34.6 Å². The number of rotatable bonds is 4. The molecule has 1 aromatic carbocycles. The van der Waals surface area contributed by atoms with Crippen LogP contribution in [0.2, 0.25) is 0 Å². The lowest BCUT2D eigenvalue weighted by Gasteiger charge is -2.03. The number of benzene rings is 1. The Morgan fingerprint density at radius 2 is 1.15 bits per heavy atom. The summed E-state index contributed by atoms with van der Waals surface area (Å²) in [6.45, 7) is 0. The predicted molar refractivity (Wildman–Crippen MR) is 76.6 cm³/mol. The van der Waals surface area contributed by atoms with Crippen molar-refractivity contribution in [2.24, 2.45) is 43.3 Å². The van der Waals surface area contributed by atoms with Crippen LogP contribution in [0.25, 0.3) is 0 Å². The van der Waals surface area contributed by atoms with Crippen LogP contribution in [0.5, 0.6) is 11.5 Å². The highest BCUT2D eigenvalue weighted by molar-refractivity contribution is 5.91. The Balaban J connectivity index is 3.04. The Bertz CT molecular complexity index is 545. The largest absolute Gasteiger partial charge is 0.504 e. The van der Waals surface area contributed by atoms with Crippen molar-refractivity contribution in [1.29, 1.82) is 0 Å². The number of nitrogens with zero attached hydrogens (tertiary/aromatic N) is 4. The molecular formula is C10H14N8O2. The minimum absolute atomic E-state index is 0.214. The number of phenolic OH excluding ortho intramolecular Hbond substituents is 2. The topological polar surface area (TPSA) is 194 Å². The van der Waals surface area contributed by atoms with Gasteiger partial charge in [-0.05, 0) is 12.1 Å². The molecule has 0 fully saturated rings. The number of aromatic hydroxyl groups is 2. The van der Waals surface area contributed by atoms with Gasteiger partial charge in [-0.1, -0.05) is 0 Å². The third kappa shape index (κ3) is 4.18. The molecule has 20 heavy (non-hydrogen) atoms. The summed E-state index contributed by atoms with van der Waals surface area (Å²) in [5, 5.41) is 33.2. The number of phenols is 2. The zero-order valence-electron chi connectivity index (χ0n) is 10.3. The van der Waals surface area contributed by atoms with Gasteiger partial charge in [0.15, 0.2) is 11.5 Å². The van der Waals surface area contributed by atoms with E-state index in [9.17, 15) is 10.2 Å². The molecule has 10 N–H and O–H groups in total. The van der Waals surface area contributed by atoms with Gasteiger partial charge in [0.2, 0.25) is 11.9 Å². The second-order valence-corrected chi connectivity index (χ2v) is 3.48. The van der Waals surface area contributed by atoms with E-state index >= 15 is 0 Å². The maximum Gasteiger partial charge on any atom is 0.211 e. The van der Waals surface area contributed by atoms with E-state index in [1.165, 1.54) is 24.6 Å². The van der Waals surface area contributed by atoms with E-state index in [0.29, 0.717) is 0 Å². The Kier molecular flexibility index (Phi) is 4.86. The molecule has 0 heterocycles. The zero-order chi connectivity index (χ0) is 15.1. The summed E-state index contributed by atoms with van der Waals surface area (Å²) in [5.41, 5.74) is 20.7. The Morgan fingerprint density at radius 1 is 0.800 bits per heavy atom. The highest BCUT2D eigenvalue weighted by Gasteiger charge is 2.09. The Morgan fingerprint density at radius 3 is 1.45 bits per heavy atom. The molecule has 0 spiro atoms. The van der Waals surface area contributed by atoms with Gasteiger partial charge in [-0.15, -0.1) is 10.2 Å². The van der Waals surface area contributed by atoms with Gasteiger partial charge in [-0.25, -0.2) is 0 Å². The minimum atomic E-state index is -0.409. The Labute approximate surface area is 113 Å². The number of hydrogen-bond acceptors (Lipinski definition) is 6. The predicted octanol–water partition coefficient (Wildman–Crippen LogP) is -1.69. The van der Waals surface area contributed by atoms with Gasteiger partial charge in [-0.2, -0.15) is 10.2 Å². The quantitative estimate of drug-likeness (QED) is 0.164. The number of guanidine groups is 2. The Hall–Kier alpha value is -3.30. The molecule has 0 saturated heterocycles. The highest BCUT2D eigenvalue weighted by Crippen LogP contribution is 2.30. The maximum atomic E-state index is 9.75. The molecule has 10 heteroatoms. The molecule has 0 aliphatic heterocycles. The van der Waals surface area contributed by atoms with Crippen molar-refractivity contribution in [3.05, 3.63) is 23.3 Å². The summed E-state index contributed by atoms with van der Waals surface area (Å²) in [4.78, 5) is 0. The van der Waals surface area contributed by atoms with E-state index in [4.69, 9.17) is 22.9 Å². The van der Waals surface area contributed by atoms with Gasteiger partial charge in [0.05, 0.1) is 12.4 Å². The lowest BCUT2D eigenvalue weighted by Crippen LogP contribution is -2.21. The van der Waals surface area contributed by atoms with Gasteiger partial charge >= 0.3 is 0 Å². The first kappa shape index (κ1) is 14.8. The van der Waals surface area contributed by atoms with Crippen molar-refractivity contribution in [3.63, 3.8) is 0 Å². The van der Waals surface area contributed by atoms with Crippen LogP contribution in [0.15, 0.2) is 32.5 Å². The fraction of sp³-hybridized carbons (Fsp3) is 0. The van der Waals surface area contributed by atoms with E-state index in [1.54, 1.807) is 0 Å². The van der Waals surface area contributed by atoms with E-state index in [-0.39, 0.29) is 23.0 Å². The van der Waals surface area contributed by atoms with Crippen LogP contribution in [0.1, 0.15) is 11.1 Å².